The van der Waals surface area contributed by atoms with Gasteiger partial charge in [0.05, 0.1) is 18.1 Å². The van der Waals surface area contributed by atoms with E-state index in [9.17, 15) is 9.18 Å². The molecule has 0 atom stereocenters. The van der Waals surface area contributed by atoms with Crippen LogP contribution in [0.1, 0.15) is 6.42 Å². The van der Waals surface area contributed by atoms with Crippen LogP contribution in [0.15, 0.2) is 48.5 Å². The molecule has 2 rings (SSSR count). The molecule has 2 aromatic carbocycles. The van der Waals surface area contributed by atoms with Crippen LogP contribution < -0.4 is 10.1 Å². The maximum atomic E-state index is 12.9. The Morgan fingerprint density at radius 1 is 1.20 bits per heavy atom. The number of ether oxygens (including phenoxy) is 1. The summed E-state index contributed by atoms with van der Waals surface area (Å²) in [5, 5.41) is 3.09. The fourth-order valence-corrected chi connectivity index (χ4v) is 1.80. The Bertz CT molecular complexity index is 604. The fourth-order valence-electron chi connectivity index (χ4n) is 1.61. The highest BCUT2D eigenvalue weighted by atomic mass is 35.5. The van der Waals surface area contributed by atoms with Crippen molar-refractivity contribution >= 4 is 23.2 Å². The molecule has 0 fully saturated rings. The molecular weight excluding hydrogens is 281 g/mol. The molecule has 0 aromatic heterocycles. The van der Waals surface area contributed by atoms with Crippen molar-refractivity contribution in [3.63, 3.8) is 0 Å². The minimum atomic E-state index is -0.393. The second-order valence-electron chi connectivity index (χ2n) is 4.09. The van der Waals surface area contributed by atoms with Gasteiger partial charge in [0.15, 0.2) is 0 Å². The molecule has 0 aliphatic heterocycles. The van der Waals surface area contributed by atoms with E-state index < -0.39 is 5.82 Å². The molecule has 0 radical (unpaired) electrons. The highest BCUT2D eigenvalue weighted by Crippen LogP contribution is 2.23. The third-order valence-electron chi connectivity index (χ3n) is 2.53. The predicted octanol–water partition coefficient (Wildman–Crippen LogP) is 3.89. The lowest BCUT2D eigenvalue weighted by atomic mass is 10.3. The third-order valence-corrected chi connectivity index (χ3v) is 2.84. The van der Waals surface area contributed by atoms with Crippen molar-refractivity contribution in [2.45, 2.75) is 6.42 Å². The average molecular weight is 294 g/mol. The normalized spacial score (nSPS) is 10.1. The number of nitrogens with one attached hydrogen (secondary N) is 1. The van der Waals surface area contributed by atoms with E-state index in [-0.39, 0.29) is 18.9 Å². The van der Waals surface area contributed by atoms with Crippen LogP contribution in [0.2, 0.25) is 5.02 Å². The minimum Gasteiger partial charge on any atom is -0.491 e. The SMILES string of the molecule is O=C(CCOc1ccccc1Cl)Nc1cccc(F)c1. The minimum absolute atomic E-state index is 0.155. The van der Waals surface area contributed by atoms with Gasteiger partial charge in [-0.15, -0.1) is 0 Å². The van der Waals surface area contributed by atoms with Crippen LogP contribution in [0.5, 0.6) is 5.75 Å². The first-order valence-electron chi connectivity index (χ1n) is 6.08. The molecule has 0 saturated carbocycles. The van der Waals surface area contributed by atoms with Crippen LogP contribution in [0.4, 0.5) is 10.1 Å². The van der Waals surface area contributed by atoms with Crippen LogP contribution in [-0.4, -0.2) is 12.5 Å². The van der Waals surface area contributed by atoms with Gasteiger partial charge in [-0.05, 0) is 30.3 Å². The second kappa shape index (κ2) is 6.91. The Morgan fingerprint density at radius 3 is 2.75 bits per heavy atom. The van der Waals surface area contributed by atoms with E-state index in [0.29, 0.717) is 16.5 Å². The van der Waals surface area contributed by atoms with Crippen LogP contribution in [0.3, 0.4) is 0 Å². The number of carbonyl (C=O) groups is 1. The predicted molar refractivity (Wildman–Crippen MR) is 76.6 cm³/mol. The van der Waals surface area contributed by atoms with Gasteiger partial charge in [0, 0.05) is 5.69 Å². The van der Waals surface area contributed by atoms with Crippen molar-refractivity contribution in [3.05, 3.63) is 59.4 Å². The maximum Gasteiger partial charge on any atom is 0.227 e. The van der Waals surface area contributed by atoms with Gasteiger partial charge in [0.1, 0.15) is 11.6 Å². The third kappa shape index (κ3) is 4.24. The van der Waals surface area contributed by atoms with Gasteiger partial charge in [-0.25, -0.2) is 4.39 Å². The van der Waals surface area contributed by atoms with E-state index in [4.69, 9.17) is 16.3 Å². The summed E-state index contributed by atoms with van der Waals surface area (Å²) in [6.07, 6.45) is 0.155. The summed E-state index contributed by atoms with van der Waals surface area (Å²) < 4.78 is 18.3. The van der Waals surface area contributed by atoms with Crippen LogP contribution in [0, 0.1) is 5.82 Å². The van der Waals surface area contributed by atoms with Crippen LogP contribution >= 0.6 is 11.6 Å². The van der Waals surface area contributed by atoms with Crippen molar-refractivity contribution in [2.75, 3.05) is 11.9 Å². The molecule has 104 valence electrons. The molecule has 0 spiro atoms. The zero-order valence-corrected chi connectivity index (χ0v) is 11.4. The number of carbonyl (C=O) groups excluding carboxylic acids is 1. The summed E-state index contributed by atoms with van der Waals surface area (Å²) in [4.78, 5) is 11.7. The quantitative estimate of drug-likeness (QED) is 0.908. The monoisotopic (exact) mass is 293 g/mol. The average Bonchev–Trinajstić information content (AvgIpc) is 2.41. The van der Waals surface area contributed by atoms with Crippen LogP contribution in [-0.2, 0) is 4.79 Å². The number of hydrogen-bond donors (Lipinski definition) is 1. The summed E-state index contributed by atoms with van der Waals surface area (Å²) in [5.41, 5.74) is 0.424. The summed E-state index contributed by atoms with van der Waals surface area (Å²) >= 11 is 5.92. The number of hydrogen-bond acceptors (Lipinski definition) is 2. The molecule has 0 aliphatic rings. The molecule has 0 unspecified atom stereocenters. The van der Waals surface area contributed by atoms with E-state index in [1.807, 2.05) is 0 Å². The van der Waals surface area contributed by atoms with Gasteiger partial charge in [-0.3, -0.25) is 4.79 Å². The number of amides is 1. The highest BCUT2D eigenvalue weighted by Gasteiger charge is 2.05. The molecule has 1 amide bonds. The lowest BCUT2D eigenvalue weighted by Crippen LogP contribution is -2.15. The fraction of sp³-hybridized carbons (Fsp3) is 0.133. The van der Waals surface area contributed by atoms with Crippen molar-refractivity contribution in [3.8, 4) is 5.75 Å². The zero-order chi connectivity index (χ0) is 14.4. The van der Waals surface area contributed by atoms with E-state index in [0.717, 1.165) is 0 Å². The number of anilines is 1. The standard InChI is InChI=1S/C15H13ClFNO2/c16-13-6-1-2-7-14(13)20-9-8-15(19)18-12-5-3-4-11(17)10-12/h1-7,10H,8-9H2,(H,18,19). The molecule has 1 N–H and O–H groups in total. The van der Waals surface area contributed by atoms with Crippen molar-refractivity contribution in [2.24, 2.45) is 0 Å². The zero-order valence-electron chi connectivity index (χ0n) is 10.6. The summed E-state index contributed by atoms with van der Waals surface area (Å²) in [5.74, 6) is -0.106. The van der Waals surface area contributed by atoms with E-state index in [1.165, 1.54) is 18.2 Å². The van der Waals surface area contributed by atoms with E-state index >= 15 is 0 Å². The van der Waals surface area contributed by atoms with Crippen molar-refractivity contribution in [1.29, 1.82) is 0 Å². The highest BCUT2D eigenvalue weighted by molar-refractivity contribution is 6.32. The lowest BCUT2D eigenvalue weighted by Gasteiger charge is -2.08. The van der Waals surface area contributed by atoms with Gasteiger partial charge in [0.25, 0.3) is 0 Å². The van der Waals surface area contributed by atoms with Gasteiger partial charge in [0.2, 0.25) is 5.91 Å². The Kier molecular flexibility index (Phi) is 4.96. The van der Waals surface area contributed by atoms with Gasteiger partial charge >= 0.3 is 0 Å². The first-order valence-corrected chi connectivity index (χ1v) is 6.46. The number of benzene rings is 2. The van der Waals surface area contributed by atoms with E-state index in [2.05, 4.69) is 5.32 Å². The number of halogens is 2. The smallest absolute Gasteiger partial charge is 0.227 e. The summed E-state index contributed by atoms with van der Waals surface area (Å²) in [7, 11) is 0. The molecule has 5 heteroatoms. The Hall–Kier alpha value is -2.07. The molecule has 0 heterocycles. The second-order valence-corrected chi connectivity index (χ2v) is 4.49. The van der Waals surface area contributed by atoms with Crippen molar-refractivity contribution < 1.29 is 13.9 Å². The van der Waals surface area contributed by atoms with Crippen molar-refractivity contribution in [1.82, 2.24) is 0 Å². The molecule has 2 aromatic rings. The Labute approximate surface area is 121 Å². The first-order chi connectivity index (χ1) is 9.65. The number of rotatable bonds is 5. The molecule has 20 heavy (non-hydrogen) atoms. The van der Waals surface area contributed by atoms with Crippen LogP contribution in [0.25, 0.3) is 0 Å². The molecule has 3 nitrogen and oxygen atoms in total. The maximum absolute atomic E-state index is 12.9. The molecule has 0 saturated heterocycles. The molecule has 0 aliphatic carbocycles. The topological polar surface area (TPSA) is 38.3 Å². The summed E-state index contributed by atoms with van der Waals surface area (Å²) in [6.45, 7) is 0.199. The first kappa shape index (κ1) is 14.3. The Morgan fingerprint density at radius 2 is 2.00 bits per heavy atom. The van der Waals surface area contributed by atoms with E-state index in [1.54, 1.807) is 30.3 Å². The van der Waals surface area contributed by atoms with Gasteiger partial charge in [-0.1, -0.05) is 29.8 Å². The van der Waals surface area contributed by atoms with Gasteiger partial charge < -0.3 is 10.1 Å². The largest absolute Gasteiger partial charge is 0.491 e. The lowest BCUT2D eigenvalue weighted by molar-refractivity contribution is -0.116. The molecular formula is C15H13ClFNO2. The van der Waals surface area contributed by atoms with Gasteiger partial charge in [-0.2, -0.15) is 0 Å². The number of para-hydroxylation sites is 1. The molecule has 0 bridgehead atoms. The summed E-state index contributed by atoms with van der Waals surface area (Å²) in [6, 6.07) is 12.8. The Balaban J connectivity index is 1.80.